The summed E-state index contributed by atoms with van der Waals surface area (Å²) in [5.74, 6) is 1.06. The molecule has 0 saturated carbocycles. The van der Waals surface area contributed by atoms with Crippen molar-refractivity contribution in [3.63, 3.8) is 0 Å². The zero-order chi connectivity index (χ0) is 14.2. The third-order valence-corrected chi connectivity index (χ3v) is 3.85. The Labute approximate surface area is 119 Å². The van der Waals surface area contributed by atoms with Gasteiger partial charge < -0.3 is 4.74 Å². The summed E-state index contributed by atoms with van der Waals surface area (Å²) < 4.78 is 5.92. The van der Waals surface area contributed by atoms with Gasteiger partial charge in [-0.25, -0.2) is 0 Å². The third-order valence-electron chi connectivity index (χ3n) is 3.85. The van der Waals surface area contributed by atoms with Gasteiger partial charge in [0.15, 0.2) is 5.78 Å². The van der Waals surface area contributed by atoms with Crippen molar-refractivity contribution in [2.75, 3.05) is 0 Å². The number of carbonyl (C=O) groups excluding carboxylic acids is 1. The summed E-state index contributed by atoms with van der Waals surface area (Å²) in [6.45, 7) is 4.53. The highest BCUT2D eigenvalue weighted by molar-refractivity contribution is 6.05. The molecule has 0 unspecified atom stereocenters. The molecule has 2 heteroatoms. The molecule has 20 heavy (non-hydrogen) atoms. The minimum Gasteiger partial charge on any atom is -0.489 e. The maximum atomic E-state index is 12.3. The maximum absolute atomic E-state index is 12.3. The first kappa shape index (κ1) is 12.9. The van der Waals surface area contributed by atoms with Gasteiger partial charge in [-0.1, -0.05) is 56.3 Å². The van der Waals surface area contributed by atoms with Crippen molar-refractivity contribution in [3.05, 3.63) is 65.2 Å². The Morgan fingerprint density at radius 2 is 1.80 bits per heavy atom. The average molecular weight is 266 g/mol. The van der Waals surface area contributed by atoms with Crippen LogP contribution in [0.3, 0.4) is 0 Å². The van der Waals surface area contributed by atoms with Gasteiger partial charge in [-0.2, -0.15) is 0 Å². The molecule has 2 aromatic carbocycles. The van der Waals surface area contributed by atoms with E-state index in [9.17, 15) is 4.79 Å². The minimum atomic E-state index is -0.311. The van der Waals surface area contributed by atoms with Gasteiger partial charge in [-0.15, -0.1) is 0 Å². The van der Waals surface area contributed by atoms with E-state index in [1.165, 1.54) is 0 Å². The zero-order valence-corrected chi connectivity index (χ0v) is 11.8. The van der Waals surface area contributed by atoms with E-state index in [2.05, 4.69) is 0 Å². The molecule has 1 aliphatic carbocycles. The Morgan fingerprint density at radius 3 is 2.55 bits per heavy atom. The molecule has 0 saturated heterocycles. The van der Waals surface area contributed by atoms with E-state index >= 15 is 0 Å². The van der Waals surface area contributed by atoms with Crippen molar-refractivity contribution in [1.82, 2.24) is 0 Å². The standard InChI is InChI=1S/C18H18O2/c1-18(2)11-15-14(17(18)19)9-6-10-16(15)20-12-13-7-4-3-5-8-13/h3-10H,11-12H2,1-2H3. The second kappa shape index (κ2) is 4.78. The molecule has 3 rings (SSSR count). The first-order chi connectivity index (χ1) is 9.58. The SMILES string of the molecule is CC1(C)Cc2c(OCc3ccccc3)cccc2C1=O. The second-order valence-corrected chi connectivity index (χ2v) is 5.95. The predicted octanol–water partition coefficient (Wildman–Crippen LogP) is 4.03. The third kappa shape index (κ3) is 2.22. The van der Waals surface area contributed by atoms with Gasteiger partial charge in [0, 0.05) is 16.5 Å². The van der Waals surface area contributed by atoms with Crippen LogP contribution in [-0.2, 0) is 13.0 Å². The van der Waals surface area contributed by atoms with Gasteiger partial charge in [0.25, 0.3) is 0 Å². The number of ketones is 1. The van der Waals surface area contributed by atoms with Gasteiger partial charge in [0.2, 0.25) is 0 Å². The highest BCUT2D eigenvalue weighted by Crippen LogP contribution is 2.40. The molecule has 0 amide bonds. The van der Waals surface area contributed by atoms with Crippen LogP contribution < -0.4 is 4.74 Å². The molecule has 0 aromatic heterocycles. The van der Waals surface area contributed by atoms with E-state index in [4.69, 9.17) is 4.74 Å². The molecule has 0 spiro atoms. The Bertz CT molecular complexity index is 642. The molecule has 102 valence electrons. The maximum Gasteiger partial charge on any atom is 0.169 e. The number of hydrogen-bond donors (Lipinski definition) is 0. The van der Waals surface area contributed by atoms with Crippen LogP contribution in [0.15, 0.2) is 48.5 Å². The molecular weight excluding hydrogens is 248 g/mol. The summed E-state index contributed by atoms with van der Waals surface area (Å²) in [7, 11) is 0. The van der Waals surface area contributed by atoms with Crippen molar-refractivity contribution < 1.29 is 9.53 Å². The molecule has 0 fully saturated rings. The van der Waals surface area contributed by atoms with Crippen molar-refractivity contribution in [2.45, 2.75) is 26.9 Å². The summed E-state index contributed by atoms with van der Waals surface area (Å²) in [5, 5.41) is 0. The molecule has 0 N–H and O–H groups in total. The summed E-state index contributed by atoms with van der Waals surface area (Å²) in [6.07, 6.45) is 0.756. The van der Waals surface area contributed by atoms with E-state index < -0.39 is 0 Å². The fourth-order valence-corrected chi connectivity index (χ4v) is 2.72. The molecule has 0 radical (unpaired) electrons. The van der Waals surface area contributed by atoms with E-state index in [0.717, 1.165) is 28.9 Å². The molecule has 0 heterocycles. The highest BCUT2D eigenvalue weighted by atomic mass is 16.5. The van der Waals surface area contributed by atoms with Crippen molar-refractivity contribution in [2.24, 2.45) is 5.41 Å². The Balaban J connectivity index is 1.85. The van der Waals surface area contributed by atoms with Crippen LogP contribution >= 0.6 is 0 Å². The topological polar surface area (TPSA) is 26.3 Å². The van der Waals surface area contributed by atoms with Crippen LogP contribution in [-0.4, -0.2) is 5.78 Å². The quantitative estimate of drug-likeness (QED) is 0.838. The van der Waals surface area contributed by atoms with Crippen molar-refractivity contribution >= 4 is 5.78 Å². The summed E-state index contributed by atoms with van der Waals surface area (Å²) in [4.78, 5) is 12.3. The summed E-state index contributed by atoms with van der Waals surface area (Å²) >= 11 is 0. The molecule has 0 atom stereocenters. The van der Waals surface area contributed by atoms with Crippen molar-refractivity contribution in [1.29, 1.82) is 0 Å². The number of ether oxygens (including phenoxy) is 1. The zero-order valence-electron chi connectivity index (χ0n) is 11.8. The van der Waals surface area contributed by atoms with Gasteiger partial charge in [-0.3, -0.25) is 4.79 Å². The minimum absolute atomic E-state index is 0.220. The predicted molar refractivity (Wildman–Crippen MR) is 79.0 cm³/mol. The van der Waals surface area contributed by atoms with E-state index in [-0.39, 0.29) is 11.2 Å². The monoisotopic (exact) mass is 266 g/mol. The molecule has 2 aromatic rings. The molecule has 0 bridgehead atoms. The molecule has 2 nitrogen and oxygen atoms in total. The van der Waals surface area contributed by atoms with E-state index in [0.29, 0.717) is 6.61 Å². The summed E-state index contributed by atoms with van der Waals surface area (Å²) in [6, 6.07) is 15.8. The first-order valence-electron chi connectivity index (χ1n) is 6.91. The number of carbonyl (C=O) groups is 1. The fraction of sp³-hybridized carbons (Fsp3) is 0.278. The molecular formula is C18H18O2. The van der Waals surface area contributed by atoms with Crippen LogP contribution in [0.25, 0.3) is 0 Å². The number of benzene rings is 2. The number of Topliss-reactive ketones (excluding diaryl/α,β-unsaturated/α-hetero) is 1. The second-order valence-electron chi connectivity index (χ2n) is 5.95. The Hall–Kier alpha value is -2.09. The van der Waals surface area contributed by atoms with E-state index in [1.54, 1.807) is 0 Å². The largest absolute Gasteiger partial charge is 0.489 e. The normalized spacial score (nSPS) is 16.0. The summed E-state index contributed by atoms with van der Waals surface area (Å²) in [5.41, 5.74) is 2.70. The fourth-order valence-electron chi connectivity index (χ4n) is 2.72. The van der Waals surface area contributed by atoms with Gasteiger partial charge in [-0.05, 0) is 18.1 Å². The lowest BCUT2D eigenvalue weighted by atomic mass is 9.89. The van der Waals surface area contributed by atoms with Gasteiger partial charge in [0.05, 0.1) is 0 Å². The van der Waals surface area contributed by atoms with Crippen molar-refractivity contribution in [3.8, 4) is 5.75 Å². The lowest BCUT2D eigenvalue weighted by Crippen LogP contribution is -2.18. The highest BCUT2D eigenvalue weighted by Gasteiger charge is 2.38. The lowest BCUT2D eigenvalue weighted by molar-refractivity contribution is 0.0863. The number of hydrogen-bond acceptors (Lipinski definition) is 2. The van der Waals surface area contributed by atoms with E-state index in [1.807, 2.05) is 62.4 Å². The molecule has 0 aliphatic heterocycles. The molecule has 1 aliphatic rings. The number of fused-ring (bicyclic) bond motifs is 1. The van der Waals surface area contributed by atoms with Crippen LogP contribution in [0.1, 0.15) is 35.3 Å². The average Bonchev–Trinajstić information content (AvgIpc) is 2.69. The van der Waals surface area contributed by atoms with Crippen LogP contribution in [0.2, 0.25) is 0 Å². The smallest absolute Gasteiger partial charge is 0.169 e. The van der Waals surface area contributed by atoms with Gasteiger partial charge in [0.1, 0.15) is 12.4 Å². The Kier molecular flexibility index (Phi) is 3.09. The van der Waals surface area contributed by atoms with Gasteiger partial charge >= 0.3 is 0 Å². The first-order valence-corrected chi connectivity index (χ1v) is 6.91. The lowest BCUT2D eigenvalue weighted by Gasteiger charge is -2.14. The van der Waals surface area contributed by atoms with Crippen LogP contribution in [0.5, 0.6) is 5.75 Å². The van der Waals surface area contributed by atoms with Crippen LogP contribution in [0.4, 0.5) is 0 Å². The Morgan fingerprint density at radius 1 is 1.05 bits per heavy atom. The number of rotatable bonds is 3. The van der Waals surface area contributed by atoms with Crippen LogP contribution in [0, 0.1) is 5.41 Å².